The molecule has 1 aromatic heterocycles. The van der Waals surface area contributed by atoms with Crippen LogP contribution in [0.1, 0.15) is 32.0 Å². The van der Waals surface area contributed by atoms with E-state index in [1.807, 2.05) is 48.5 Å². The van der Waals surface area contributed by atoms with Crippen LogP contribution in [0.2, 0.25) is 5.02 Å². The van der Waals surface area contributed by atoms with Crippen molar-refractivity contribution < 1.29 is 9.59 Å². The summed E-state index contributed by atoms with van der Waals surface area (Å²) in [6.45, 7) is 0.695. The Kier molecular flexibility index (Phi) is 6.18. The fourth-order valence-corrected chi connectivity index (χ4v) is 2.69. The van der Waals surface area contributed by atoms with Crippen LogP contribution in [0, 0.1) is 0 Å². The molecule has 27 heavy (non-hydrogen) atoms. The molecule has 0 bridgehead atoms. The number of halogens is 1. The van der Waals surface area contributed by atoms with Crippen LogP contribution in [0.3, 0.4) is 0 Å². The molecule has 0 spiro atoms. The van der Waals surface area contributed by atoms with E-state index in [4.69, 9.17) is 11.6 Å². The normalized spacial score (nSPS) is 10.3. The summed E-state index contributed by atoms with van der Waals surface area (Å²) < 4.78 is 0. The van der Waals surface area contributed by atoms with Crippen LogP contribution < -0.4 is 10.6 Å². The Morgan fingerprint density at radius 2 is 1.56 bits per heavy atom. The predicted octanol–water partition coefficient (Wildman–Crippen LogP) is 3.60. The smallest absolute Gasteiger partial charge is 0.270 e. The van der Waals surface area contributed by atoms with Crippen LogP contribution in [0.4, 0.5) is 0 Å². The van der Waals surface area contributed by atoms with Gasteiger partial charge in [0.05, 0.1) is 0 Å². The first-order chi connectivity index (χ1) is 13.1. The van der Waals surface area contributed by atoms with Gasteiger partial charge in [0.2, 0.25) is 0 Å². The standard InChI is InChI=1S/C21H18ClN3O2/c22-18-9-5-4-8-17(18)14-25-20(26)16-10-11-23-19(12-16)21(27)24-13-15-6-2-1-3-7-15/h1-12H,13-14H2,(H,24,27)(H,25,26). The second-order valence-corrected chi connectivity index (χ2v) is 6.28. The van der Waals surface area contributed by atoms with E-state index in [0.717, 1.165) is 11.1 Å². The quantitative estimate of drug-likeness (QED) is 0.687. The van der Waals surface area contributed by atoms with Crippen molar-refractivity contribution in [1.29, 1.82) is 0 Å². The van der Waals surface area contributed by atoms with Gasteiger partial charge in [0.15, 0.2) is 0 Å². The number of nitrogens with zero attached hydrogens (tertiary/aromatic N) is 1. The average molecular weight is 380 g/mol. The molecule has 6 heteroatoms. The first-order valence-electron chi connectivity index (χ1n) is 8.43. The molecule has 5 nitrogen and oxygen atoms in total. The lowest BCUT2D eigenvalue weighted by molar-refractivity contribution is 0.0946. The van der Waals surface area contributed by atoms with Crippen molar-refractivity contribution in [2.24, 2.45) is 0 Å². The minimum Gasteiger partial charge on any atom is -0.348 e. The van der Waals surface area contributed by atoms with Gasteiger partial charge in [-0.15, -0.1) is 0 Å². The molecule has 3 rings (SSSR count). The Morgan fingerprint density at radius 3 is 2.33 bits per heavy atom. The molecule has 1 heterocycles. The van der Waals surface area contributed by atoms with Crippen molar-refractivity contribution in [3.8, 4) is 0 Å². The van der Waals surface area contributed by atoms with Gasteiger partial charge in [-0.25, -0.2) is 0 Å². The Bertz CT molecular complexity index is 945. The highest BCUT2D eigenvalue weighted by Crippen LogP contribution is 2.14. The van der Waals surface area contributed by atoms with E-state index in [0.29, 0.717) is 23.7 Å². The fraction of sp³-hybridized carbons (Fsp3) is 0.0952. The SMILES string of the molecule is O=C(NCc1ccccc1Cl)c1ccnc(C(=O)NCc2ccccc2)c1. The van der Waals surface area contributed by atoms with E-state index in [-0.39, 0.29) is 17.5 Å². The van der Waals surface area contributed by atoms with Gasteiger partial charge < -0.3 is 10.6 Å². The van der Waals surface area contributed by atoms with Crippen LogP contribution >= 0.6 is 11.6 Å². The second-order valence-electron chi connectivity index (χ2n) is 5.87. The third kappa shape index (κ3) is 5.15. The number of hydrogen-bond donors (Lipinski definition) is 2. The molecular weight excluding hydrogens is 362 g/mol. The summed E-state index contributed by atoms with van der Waals surface area (Å²) in [5, 5.41) is 6.18. The Hall–Kier alpha value is -3.18. The van der Waals surface area contributed by atoms with E-state index in [1.54, 1.807) is 12.1 Å². The zero-order chi connectivity index (χ0) is 19.1. The third-order valence-electron chi connectivity index (χ3n) is 3.95. The van der Waals surface area contributed by atoms with Gasteiger partial charge in [0, 0.05) is 29.9 Å². The van der Waals surface area contributed by atoms with Gasteiger partial charge in [-0.1, -0.05) is 60.1 Å². The van der Waals surface area contributed by atoms with E-state index in [1.165, 1.54) is 12.3 Å². The topological polar surface area (TPSA) is 71.1 Å². The van der Waals surface area contributed by atoms with Gasteiger partial charge in [-0.3, -0.25) is 14.6 Å². The monoisotopic (exact) mass is 379 g/mol. The lowest BCUT2D eigenvalue weighted by atomic mass is 10.2. The molecule has 0 aliphatic rings. The van der Waals surface area contributed by atoms with Crippen LogP contribution in [-0.2, 0) is 13.1 Å². The van der Waals surface area contributed by atoms with Gasteiger partial charge in [0.25, 0.3) is 11.8 Å². The van der Waals surface area contributed by atoms with Crippen molar-refractivity contribution >= 4 is 23.4 Å². The molecule has 0 aliphatic heterocycles. The molecule has 0 radical (unpaired) electrons. The summed E-state index contributed by atoms with van der Waals surface area (Å²) in [6, 6.07) is 19.9. The highest BCUT2D eigenvalue weighted by molar-refractivity contribution is 6.31. The maximum atomic E-state index is 12.4. The number of aromatic nitrogens is 1. The number of pyridine rings is 1. The highest BCUT2D eigenvalue weighted by atomic mass is 35.5. The molecular formula is C21H18ClN3O2. The molecule has 136 valence electrons. The minimum absolute atomic E-state index is 0.191. The summed E-state index contributed by atoms with van der Waals surface area (Å²) >= 11 is 6.09. The molecule has 0 saturated heterocycles. The van der Waals surface area contributed by atoms with Crippen LogP contribution in [0.15, 0.2) is 72.9 Å². The largest absolute Gasteiger partial charge is 0.348 e. The maximum absolute atomic E-state index is 12.4. The van der Waals surface area contributed by atoms with E-state index in [2.05, 4.69) is 15.6 Å². The lowest BCUT2D eigenvalue weighted by Crippen LogP contribution is -2.26. The summed E-state index contributed by atoms with van der Waals surface area (Å²) in [5.41, 5.74) is 2.36. The molecule has 0 saturated carbocycles. The number of carbonyl (C=O) groups is 2. The molecule has 0 unspecified atom stereocenters. The summed E-state index contributed by atoms with van der Waals surface area (Å²) in [5.74, 6) is -0.631. The van der Waals surface area contributed by atoms with E-state index < -0.39 is 0 Å². The minimum atomic E-state index is -0.334. The van der Waals surface area contributed by atoms with Crippen molar-refractivity contribution in [1.82, 2.24) is 15.6 Å². The van der Waals surface area contributed by atoms with Crippen molar-refractivity contribution in [3.63, 3.8) is 0 Å². The fourth-order valence-electron chi connectivity index (χ4n) is 2.48. The first kappa shape index (κ1) is 18.6. The summed E-state index contributed by atoms with van der Waals surface area (Å²) in [7, 11) is 0. The Labute approximate surface area is 162 Å². The lowest BCUT2D eigenvalue weighted by Gasteiger charge is -2.08. The van der Waals surface area contributed by atoms with Crippen molar-refractivity contribution in [2.75, 3.05) is 0 Å². The number of hydrogen-bond acceptors (Lipinski definition) is 3. The Morgan fingerprint density at radius 1 is 0.852 bits per heavy atom. The van der Waals surface area contributed by atoms with Crippen molar-refractivity contribution in [3.05, 3.63) is 100 Å². The number of nitrogens with one attached hydrogen (secondary N) is 2. The van der Waals surface area contributed by atoms with Gasteiger partial charge in [0.1, 0.15) is 5.69 Å². The number of benzene rings is 2. The predicted molar refractivity (Wildman–Crippen MR) is 104 cm³/mol. The molecule has 0 atom stereocenters. The number of rotatable bonds is 6. The van der Waals surface area contributed by atoms with Crippen molar-refractivity contribution in [2.45, 2.75) is 13.1 Å². The van der Waals surface area contributed by atoms with Crippen LogP contribution in [-0.4, -0.2) is 16.8 Å². The molecule has 2 aromatic carbocycles. The molecule has 3 aromatic rings. The molecule has 2 N–H and O–H groups in total. The molecule has 0 aliphatic carbocycles. The number of carbonyl (C=O) groups excluding carboxylic acids is 2. The average Bonchev–Trinajstić information content (AvgIpc) is 2.72. The highest BCUT2D eigenvalue weighted by Gasteiger charge is 2.12. The van der Waals surface area contributed by atoms with Gasteiger partial charge >= 0.3 is 0 Å². The zero-order valence-corrected chi connectivity index (χ0v) is 15.2. The summed E-state index contributed by atoms with van der Waals surface area (Å²) in [6.07, 6.45) is 1.45. The van der Waals surface area contributed by atoms with Gasteiger partial charge in [-0.2, -0.15) is 0 Å². The first-order valence-corrected chi connectivity index (χ1v) is 8.81. The number of amides is 2. The summed E-state index contributed by atoms with van der Waals surface area (Å²) in [4.78, 5) is 28.7. The zero-order valence-electron chi connectivity index (χ0n) is 14.5. The molecule has 2 amide bonds. The van der Waals surface area contributed by atoms with Crippen LogP contribution in [0.5, 0.6) is 0 Å². The van der Waals surface area contributed by atoms with E-state index >= 15 is 0 Å². The molecule has 0 fully saturated rings. The van der Waals surface area contributed by atoms with Gasteiger partial charge in [-0.05, 0) is 29.3 Å². The van der Waals surface area contributed by atoms with Crippen LogP contribution in [0.25, 0.3) is 0 Å². The van der Waals surface area contributed by atoms with E-state index in [9.17, 15) is 9.59 Å². The maximum Gasteiger partial charge on any atom is 0.270 e. The second kappa shape index (κ2) is 8.96. The Balaban J connectivity index is 1.61. The third-order valence-corrected chi connectivity index (χ3v) is 4.32.